The summed E-state index contributed by atoms with van der Waals surface area (Å²) in [4.78, 5) is 4.91. The van der Waals surface area contributed by atoms with Crippen LogP contribution >= 0.6 is 0 Å². The highest BCUT2D eigenvalue weighted by molar-refractivity contribution is 5.09. The van der Waals surface area contributed by atoms with Crippen LogP contribution in [-0.4, -0.2) is 58.3 Å². The Bertz CT molecular complexity index is 352. The minimum absolute atomic E-state index is 0.287. The van der Waals surface area contributed by atoms with E-state index in [2.05, 4.69) is 46.8 Å². The summed E-state index contributed by atoms with van der Waals surface area (Å²) < 4.78 is 2.10. The molecular formula is C14H25N3O. The lowest BCUT2D eigenvalue weighted by molar-refractivity contribution is 0.0608. The Labute approximate surface area is 110 Å². The lowest BCUT2D eigenvalue weighted by Gasteiger charge is -2.38. The molecule has 0 bridgehead atoms. The molecule has 1 fully saturated rings. The first-order valence-corrected chi connectivity index (χ1v) is 6.91. The van der Waals surface area contributed by atoms with E-state index in [4.69, 9.17) is 0 Å². The van der Waals surface area contributed by atoms with Gasteiger partial charge in [0.1, 0.15) is 0 Å². The molecule has 18 heavy (non-hydrogen) atoms. The lowest BCUT2D eigenvalue weighted by Crippen LogP contribution is -2.50. The lowest BCUT2D eigenvalue weighted by atomic mass is 10.1. The number of hydrogen-bond acceptors (Lipinski definition) is 3. The van der Waals surface area contributed by atoms with Crippen LogP contribution in [0.3, 0.4) is 0 Å². The van der Waals surface area contributed by atoms with Crippen molar-refractivity contribution in [2.24, 2.45) is 7.05 Å². The van der Waals surface area contributed by atoms with Crippen LogP contribution in [0, 0.1) is 0 Å². The van der Waals surface area contributed by atoms with Gasteiger partial charge in [-0.25, -0.2) is 0 Å². The average molecular weight is 251 g/mol. The number of piperazine rings is 1. The second-order valence-corrected chi connectivity index (χ2v) is 5.24. The zero-order chi connectivity index (χ0) is 13.0. The minimum atomic E-state index is 0.287. The van der Waals surface area contributed by atoms with Crippen LogP contribution < -0.4 is 0 Å². The normalized spacial score (nSPS) is 20.2. The highest BCUT2D eigenvalue weighted by Crippen LogP contribution is 2.12. The fourth-order valence-corrected chi connectivity index (χ4v) is 2.70. The molecule has 4 heteroatoms. The second kappa shape index (κ2) is 6.36. The summed E-state index contributed by atoms with van der Waals surface area (Å²) in [6.07, 6.45) is 5.33. The molecule has 1 N–H and O–H groups in total. The van der Waals surface area contributed by atoms with Crippen LogP contribution in [0.25, 0.3) is 0 Å². The van der Waals surface area contributed by atoms with E-state index in [-0.39, 0.29) is 6.61 Å². The van der Waals surface area contributed by atoms with Gasteiger partial charge in [-0.05, 0) is 18.1 Å². The molecule has 1 aliphatic rings. The van der Waals surface area contributed by atoms with Crippen LogP contribution in [0.1, 0.15) is 18.9 Å². The van der Waals surface area contributed by atoms with Crippen molar-refractivity contribution in [3.63, 3.8) is 0 Å². The first kappa shape index (κ1) is 13.6. The van der Waals surface area contributed by atoms with Crippen molar-refractivity contribution in [1.82, 2.24) is 14.4 Å². The van der Waals surface area contributed by atoms with Crippen LogP contribution in [-0.2, 0) is 13.6 Å². The van der Waals surface area contributed by atoms with E-state index in [1.807, 2.05) is 0 Å². The van der Waals surface area contributed by atoms with Gasteiger partial charge in [0.05, 0.1) is 6.61 Å². The summed E-state index contributed by atoms with van der Waals surface area (Å²) in [5.74, 6) is 0. The molecular weight excluding hydrogens is 226 g/mol. The van der Waals surface area contributed by atoms with Crippen molar-refractivity contribution in [3.05, 3.63) is 24.0 Å². The van der Waals surface area contributed by atoms with Gasteiger partial charge in [-0.1, -0.05) is 6.92 Å². The van der Waals surface area contributed by atoms with Gasteiger partial charge in [-0.15, -0.1) is 0 Å². The maximum atomic E-state index is 9.32. The smallest absolute Gasteiger partial charge is 0.0586 e. The third kappa shape index (κ3) is 3.34. The van der Waals surface area contributed by atoms with Crippen LogP contribution in [0.5, 0.6) is 0 Å². The Hall–Kier alpha value is -0.840. The molecule has 1 unspecified atom stereocenters. The predicted molar refractivity (Wildman–Crippen MR) is 73.4 cm³/mol. The second-order valence-electron chi connectivity index (χ2n) is 5.24. The zero-order valence-corrected chi connectivity index (χ0v) is 11.5. The van der Waals surface area contributed by atoms with Crippen molar-refractivity contribution in [2.45, 2.75) is 25.9 Å². The Morgan fingerprint density at radius 2 is 2.00 bits per heavy atom. The summed E-state index contributed by atoms with van der Waals surface area (Å²) >= 11 is 0. The number of aliphatic hydroxyl groups is 1. The molecule has 1 saturated heterocycles. The van der Waals surface area contributed by atoms with E-state index in [0.29, 0.717) is 6.04 Å². The average Bonchev–Trinajstić information content (AvgIpc) is 2.78. The molecule has 0 aromatic carbocycles. The molecule has 2 heterocycles. The SMILES string of the molecule is CCC(CO)N1CCN(Cc2ccn(C)c2)CC1. The molecule has 1 atom stereocenters. The van der Waals surface area contributed by atoms with Gasteiger partial charge in [0.25, 0.3) is 0 Å². The molecule has 2 rings (SSSR count). The first-order valence-electron chi connectivity index (χ1n) is 6.91. The van der Waals surface area contributed by atoms with Gasteiger partial charge in [0, 0.05) is 58.2 Å². The largest absolute Gasteiger partial charge is 0.395 e. The van der Waals surface area contributed by atoms with Crippen molar-refractivity contribution < 1.29 is 5.11 Å². The summed E-state index contributed by atoms with van der Waals surface area (Å²) in [5.41, 5.74) is 1.39. The monoisotopic (exact) mass is 251 g/mol. The molecule has 1 aromatic rings. The van der Waals surface area contributed by atoms with Crippen molar-refractivity contribution in [1.29, 1.82) is 0 Å². The Balaban J connectivity index is 1.79. The van der Waals surface area contributed by atoms with E-state index < -0.39 is 0 Å². The van der Waals surface area contributed by atoms with Crippen molar-refractivity contribution >= 4 is 0 Å². The van der Waals surface area contributed by atoms with E-state index in [9.17, 15) is 5.11 Å². The van der Waals surface area contributed by atoms with Crippen LogP contribution in [0.2, 0.25) is 0 Å². The molecule has 4 nitrogen and oxygen atoms in total. The highest BCUT2D eigenvalue weighted by Gasteiger charge is 2.22. The van der Waals surface area contributed by atoms with Gasteiger partial charge in [0.15, 0.2) is 0 Å². The number of nitrogens with zero attached hydrogens (tertiary/aromatic N) is 3. The summed E-state index contributed by atoms with van der Waals surface area (Å²) in [7, 11) is 2.06. The van der Waals surface area contributed by atoms with Gasteiger partial charge in [-0.2, -0.15) is 0 Å². The number of rotatable bonds is 5. The summed E-state index contributed by atoms with van der Waals surface area (Å²) in [6, 6.07) is 2.54. The molecule has 0 aliphatic carbocycles. The maximum Gasteiger partial charge on any atom is 0.0586 e. The molecule has 0 amide bonds. The number of aliphatic hydroxyl groups excluding tert-OH is 1. The fourth-order valence-electron chi connectivity index (χ4n) is 2.70. The third-order valence-corrected chi connectivity index (χ3v) is 3.90. The molecule has 102 valence electrons. The molecule has 0 spiro atoms. The molecule has 1 aromatic heterocycles. The Morgan fingerprint density at radius 1 is 1.28 bits per heavy atom. The number of hydrogen-bond donors (Lipinski definition) is 1. The predicted octanol–water partition coefficient (Wildman–Crippen LogP) is 0.914. The fraction of sp³-hybridized carbons (Fsp3) is 0.714. The van der Waals surface area contributed by atoms with E-state index in [1.165, 1.54) is 5.56 Å². The quantitative estimate of drug-likeness (QED) is 0.844. The summed E-state index contributed by atoms with van der Waals surface area (Å²) in [6.45, 7) is 7.84. The van der Waals surface area contributed by atoms with Crippen molar-refractivity contribution in [3.8, 4) is 0 Å². The van der Waals surface area contributed by atoms with Gasteiger partial charge in [0.2, 0.25) is 0 Å². The first-order chi connectivity index (χ1) is 8.72. The van der Waals surface area contributed by atoms with Crippen LogP contribution in [0.4, 0.5) is 0 Å². The number of aromatic nitrogens is 1. The van der Waals surface area contributed by atoms with Gasteiger partial charge >= 0.3 is 0 Å². The molecule has 1 aliphatic heterocycles. The third-order valence-electron chi connectivity index (χ3n) is 3.90. The minimum Gasteiger partial charge on any atom is -0.395 e. The molecule has 0 saturated carbocycles. The zero-order valence-electron chi connectivity index (χ0n) is 11.5. The maximum absolute atomic E-state index is 9.32. The number of aryl methyl sites for hydroxylation is 1. The van der Waals surface area contributed by atoms with Gasteiger partial charge < -0.3 is 9.67 Å². The summed E-state index contributed by atoms with van der Waals surface area (Å²) in [5, 5.41) is 9.32. The van der Waals surface area contributed by atoms with Gasteiger partial charge in [-0.3, -0.25) is 9.80 Å². The highest BCUT2D eigenvalue weighted by atomic mass is 16.3. The topological polar surface area (TPSA) is 31.6 Å². The van der Waals surface area contributed by atoms with E-state index >= 15 is 0 Å². The standard InChI is InChI=1S/C14H25N3O/c1-3-14(12-18)17-8-6-16(7-9-17)11-13-4-5-15(2)10-13/h4-5,10,14,18H,3,6-9,11-12H2,1-2H3. The van der Waals surface area contributed by atoms with E-state index in [1.54, 1.807) is 0 Å². The van der Waals surface area contributed by atoms with E-state index in [0.717, 1.165) is 39.1 Å². The van der Waals surface area contributed by atoms with Crippen LogP contribution in [0.15, 0.2) is 18.5 Å². The van der Waals surface area contributed by atoms with Crippen molar-refractivity contribution in [2.75, 3.05) is 32.8 Å². The Morgan fingerprint density at radius 3 is 2.50 bits per heavy atom. The molecule has 0 radical (unpaired) electrons. The Kier molecular flexibility index (Phi) is 4.80.